The van der Waals surface area contributed by atoms with Gasteiger partial charge >= 0.3 is 0 Å². The number of phenols is 1. The maximum atomic E-state index is 12.3. The second kappa shape index (κ2) is 5.92. The fourth-order valence-corrected chi connectivity index (χ4v) is 2.95. The van der Waals surface area contributed by atoms with E-state index in [4.69, 9.17) is 0 Å². The number of amides is 1. The predicted octanol–water partition coefficient (Wildman–Crippen LogP) is 3.29. The summed E-state index contributed by atoms with van der Waals surface area (Å²) in [4.78, 5) is 12.3. The molecule has 1 amide bonds. The number of hydrogen-bond acceptors (Lipinski definition) is 2. The summed E-state index contributed by atoms with van der Waals surface area (Å²) in [7, 11) is 0. The van der Waals surface area contributed by atoms with Crippen LogP contribution in [0.3, 0.4) is 0 Å². The van der Waals surface area contributed by atoms with Crippen LogP contribution in [0.25, 0.3) is 0 Å². The number of carbonyl (C=O) groups excluding carboxylic acids is 1. The van der Waals surface area contributed by atoms with Crippen molar-refractivity contribution in [2.45, 2.75) is 34.1 Å². The summed E-state index contributed by atoms with van der Waals surface area (Å²) in [5.74, 6) is 0.872. The van der Waals surface area contributed by atoms with E-state index in [1.54, 1.807) is 12.1 Å². The van der Waals surface area contributed by atoms with Crippen LogP contribution in [-0.4, -0.2) is 17.6 Å². The zero-order valence-corrected chi connectivity index (χ0v) is 13.3. The van der Waals surface area contributed by atoms with E-state index in [1.165, 1.54) is 5.57 Å². The highest BCUT2D eigenvalue weighted by Crippen LogP contribution is 2.59. The van der Waals surface area contributed by atoms with Crippen LogP contribution in [0.5, 0.6) is 5.75 Å². The van der Waals surface area contributed by atoms with Gasteiger partial charge in [-0.05, 0) is 49.3 Å². The molecule has 0 bridgehead atoms. The van der Waals surface area contributed by atoms with Crippen molar-refractivity contribution in [3.05, 3.63) is 41.5 Å². The fourth-order valence-electron chi connectivity index (χ4n) is 2.95. The first kappa shape index (κ1) is 15.6. The van der Waals surface area contributed by atoms with Gasteiger partial charge in [0.1, 0.15) is 5.75 Å². The summed E-state index contributed by atoms with van der Waals surface area (Å²) in [5.41, 5.74) is 2.45. The number of carbonyl (C=O) groups is 1. The maximum absolute atomic E-state index is 12.3. The van der Waals surface area contributed by atoms with Crippen molar-refractivity contribution in [1.82, 2.24) is 5.32 Å². The molecule has 0 spiro atoms. The molecule has 2 rings (SSSR count). The van der Waals surface area contributed by atoms with E-state index in [0.29, 0.717) is 12.5 Å². The van der Waals surface area contributed by atoms with E-state index in [-0.39, 0.29) is 23.0 Å². The van der Waals surface area contributed by atoms with Crippen LogP contribution in [0.1, 0.15) is 33.3 Å². The molecule has 0 aliphatic heterocycles. The minimum absolute atomic E-state index is 0.0693. The molecule has 0 heterocycles. The van der Waals surface area contributed by atoms with Gasteiger partial charge in [-0.2, -0.15) is 0 Å². The molecule has 1 aliphatic rings. The van der Waals surface area contributed by atoms with E-state index in [0.717, 1.165) is 12.0 Å². The lowest BCUT2D eigenvalue weighted by atomic mass is 10.1. The molecule has 0 radical (unpaired) electrons. The second-order valence-corrected chi connectivity index (χ2v) is 6.78. The van der Waals surface area contributed by atoms with Crippen molar-refractivity contribution in [3.63, 3.8) is 0 Å². The molecule has 0 aromatic heterocycles. The van der Waals surface area contributed by atoms with Crippen molar-refractivity contribution >= 4 is 5.91 Å². The molecule has 1 aliphatic carbocycles. The van der Waals surface area contributed by atoms with E-state index >= 15 is 0 Å². The molecule has 1 aromatic rings. The highest BCUT2D eigenvalue weighted by Gasteiger charge is 2.60. The molecule has 114 valence electrons. The second-order valence-electron chi connectivity index (χ2n) is 6.78. The van der Waals surface area contributed by atoms with Gasteiger partial charge in [0, 0.05) is 6.54 Å². The molecule has 21 heavy (non-hydrogen) atoms. The van der Waals surface area contributed by atoms with Gasteiger partial charge in [0.25, 0.3) is 0 Å². The van der Waals surface area contributed by atoms with Crippen molar-refractivity contribution < 1.29 is 9.90 Å². The van der Waals surface area contributed by atoms with Gasteiger partial charge in [-0.3, -0.25) is 4.79 Å². The topological polar surface area (TPSA) is 49.3 Å². The normalized spacial score (nSPS) is 22.5. The molecule has 1 saturated carbocycles. The molecule has 0 saturated heterocycles. The molecular formula is C18H25NO2. The Morgan fingerprint density at radius 1 is 1.29 bits per heavy atom. The maximum Gasteiger partial charge on any atom is 0.224 e. The summed E-state index contributed by atoms with van der Waals surface area (Å²) < 4.78 is 0. The van der Waals surface area contributed by atoms with Crippen LogP contribution < -0.4 is 5.32 Å². The van der Waals surface area contributed by atoms with E-state index in [2.05, 4.69) is 39.1 Å². The van der Waals surface area contributed by atoms with Crippen LogP contribution in [0.4, 0.5) is 0 Å². The number of aromatic hydroxyl groups is 1. The van der Waals surface area contributed by atoms with Crippen LogP contribution in [0, 0.1) is 17.3 Å². The fraction of sp³-hybridized carbons (Fsp3) is 0.500. The van der Waals surface area contributed by atoms with Crippen molar-refractivity contribution in [1.29, 1.82) is 0 Å². The number of allylic oxidation sites excluding steroid dienone is 2. The third-order valence-corrected chi connectivity index (χ3v) is 4.36. The largest absolute Gasteiger partial charge is 0.508 e. The van der Waals surface area contributed by atoms with E-state index < -0.39 is 0 Å². The van der Waals surface area contributed by atoms with E-state index in [9.17, 15) is 9.90 Å². The number of phenolic OH excluding ortho intramolecular Hbond substituents is 1. The van der Waals surface area contributed by atoms with Gasteiger partial charge in [0.05, 0.1) is 5.92 Å². The number of benzene rings is 1. The Balaban J connectivity index is 1.83. The molecule has 2 N–H and O–H groups in total. The van der Waals surface area contributed by atoms with Gasteiger partial charge in [-0.15, -0.1) is 0 Å². The molecular weight excluding hydrogens is 262 g/mol. The zero-order chi connectivity index (χ0) is 15.6. The van der Waals surface area contributed by atoms with Crippen LogP contribution >= 0.6 is 0 Å². The Labute approximate surface area is 127 Å². The SMILES string of the molecule is CC(C)=C[C@@H]1[C@H](C(=O)NCCc2ccc(O)cc2)C1(C)C. The Kier molecular flexibility index (Phi) is 4.40. The number of rotatable bonds is 5. The monoisotopic (exact) mass is 287 g/mol. The minimum Gasteiger partial charge on any atom is -0.508 e. The Morgan fingerprint density at radius 2 is 1.90 bits per heavy atom. The molecule has 3 heteroatoms. The first-order chi connectivity index (χ1) is 9.82. The molecule has 1 fully saturated rings. The highest BCUT2D eigenvalue weighted by atomic mass is 16.3. The zero-order valence-electron chi connectivity index (χ0n) is 13.3. The number of hydrogen-bond donors (Lipinski definition) is 2. The predicted molar refractivity (Wildman–Crippen MR) is 85.0 cm³/mol. The van der Waals surface area contributed by atoms with Gasteiger partial charge in [0.15, 0.2) is 0 Å². The lowest BCUT2D eigenvalue weighted by Crippen LogP contribution is -2.28. The number of nitrogens with one attached hydrogen (secondary N) is 1. The van der Waals surface area contributed by atoms with Crippen molar-refractivity contribution in [3.8, 4) is 5.75 Å². The van der Waals surface area contributed by atoms with Gasteiger partial charge in [0.2, 0.25) is 5.91 Å². The molecule has 1 aromatic carbocycles. The smallest absolute Gasteiger partial charge is 0.224 e. The first-order valence-electron chi connectivity index (χ1n) is 7.53. The lowest BCUT2D eigenvalue weighted by molar-refractivity contribution is -0.123. The van der Waals surface area contributed by atoms with Crippen LogP contribution in [-0.2, 0) is 11.2 Å². The summed E-state index contributed by atoms with van der Waals surface area (Å²) in [6, 6.07) is 7.11. The van der Waals surface area contributed by atoms with Crippen LogP contribution in [0.15, 0.2) is 35.9 Å². The summed E-state index contributed by atoms with van der Waals surface area (Å²) in [5, 5.41) is 12.3. The van der Waals surface area contributed by atoms with Crippen molar-refractivity contribution in [2.75, 3.05) is 6.54 Å². The van der Waals surface area contributed by atoms with Gasteiger partial charge < -0.3 is 10.4 Å². The Morgan fingerprint density at radius 3 is 2.48 bits per heavy atom. The van der Waals surface area contributed by atoms with Crippen LogP contribution in [0.2, 0.25) is 0 Å². The lowest BCUT2D eigenvalue weighted by Gasteiger charge is -2.06. The summed E-state index contributed by atoms with van der Waals surface area (Å²) >= 11 is 0. The summed E-state index contributed by atoms with van der Waals surface area (Å²) in [6.07, 6.45) is 3.00. The Hall–Kier alpha value is -1.77. The highest BCUT2D eigenvalue weighted by molar-refractivity contribution is 5.83. The minimum atomic E-state index is 0.0693. The Bertz CT molecular complexity index is 539. The molecule has 3 nitrogen and oxygen atoms in total. The first-order valence-corrected chi connectivity index (χ1v) is 7.53. The summed E-state index contributed by atoms with van der Waals surface area (Å²) in [6.45, 7) is 9.10. The van der Waals surface area contributed by atoms with Gasteiger partial charge in [-0.1, -0.05) is 37.6 Å². The standard InChI is InChI=1S/C18H25NO2/c1-12(2)11-15-16(18(15,3)4)17(21)19-10-9-13-5-7-14(20)8-6-13/h5-8,11,15-16,20H,9-10H2,1-4H3,(H,19,21)/t15-,16-/m1/s1. The van der Waals surface area contributed by atoms with E-state index in [1.807, 2.05) is 12.1 Å². The van der Waals surface area contributed by atoms with Gasteiger partial charge in [-0.25, -0.2) is 0 Å². The quantitative estimate of drug-likeness (QED) is 0.816. The third kappa shape index (κ3) is 3.66. The average Bonchev–Trinajstić information content (AvgIpc) is 2.92. The molecule has 0 unspecified atom stereocenters. The molecule has 2 atom stereocenters. The average molecular weight is 287 g/mol. The van der Waals surface area contributed by atoms with Crippen molar-refractivity contribution in [2.24, 2.45) is 17.3 Å². The third-order valence-electron chi connectivity index (χ3n) is 4.36.